The topological polar surface area (TPSA) is 73.3 Å². The Morgan fingerprint density at radius 3 is 2.58 bits per heavy atom. The van der Waals surface area contributed by atoms with Crippen LogP contribution in [0.25, 0.3) is 22.0 Å². The molecule has 0 atom stereocenters. The second kappa shape index (κ2) is 9.46. The number of para-hydroxylation sites is 1. The molecule has 1 heterocycles. The first-order valence-corrected chi connectivity index (χ1v) is 11.0. The predicted octanol–water partition coefficient (Wildman–Crippen LogP) is 6.50. The van der Waals surface area contributed by atoms with E-state index in [1.54, 1.807) is 26.2 Å². The summed E-state index contributed by atoms with van der Waals surface area (Å²) >= 11 is 6.17. The zero-order chi connectivity index (χ0) is 23.5. The average molecular weight is 462 g/mol. The number of hydrogen-bond donors (Lipinski definition) is 1. The van der Waals surface area contributed by atoms with Crippen molar-refractivity contribution in [2.45, 2.75) is 20.8 Å². The molecule has 168 valence electrons. The smallest absolute Gasteiger partial charge is 0.338 e. The van der Waals surface area contributed by atoms with Gasteiger partial charge in [0.1, 0.15) is 11.4 Å². The third-order valence-electron chi connectivity index (χ3n) is 5.45. The molecule has 0 fully saturated rings. The van der Waals surface area contributed by atoms with Crippen LogP contribution >= 0.6 is 11.6 Å². The lowest BCUT2D eigenvalue weighted by Crippen LogP contribution is -2.11. The van der Waals surface area contributed by atoms with E-state index in [0.717, 1.165) is 33.2 Å². The Morgan fingerprint density at radius 1 is 1.06 bits per heavy atom. The van der Waals surface area contributed by atoms with Gasteiger partial charge in [0.15, 0.2) is 5.82 Å². The molecule has 0 radical (unpaired) electrons. The Balaban J connectivity index is 2.02. The minimum atomic E-state index is -0.362. The van der Waals surface area contributed by atoms with Crippen LogP contribution in [0, 0.1) is 13.8 Å². The summed E-state index contributed by atoms with van der Waals surface area (Å²) in [4.78, 5) is 12.8. The molecular weight excluding hydrogens is 438 g/mol. The standard InChI is InChI=1S/C26H24ClN3O3/c1-5-33-26(31)22-15(2)13-20-23(16(22)3)25(28-18-10-8-9-17(27)14-18)30-29-24(20)19-11-6-7-12-21(19)32-4/h6-14H,5H2,1-4H3,(H,28,30). The minimum absolute atomic E-state index is 0.296. The maximum absolute atomic E-state index is 12.8. The molecule has 3 aromatic carbocycles. The molecule has 1 N–H and O–H groups in total. The molecule has 6 nitrogen and oxygen atoms in total. The first kappa shape index (κ1) is 22.6. The van der Waals surface area contributed by atoms with Crippen LogP contribution in [0.5, 0.6) is 5.75 Å². The van der Waals surface area contributed by atoms with Crippen molar-refractivity contribution < 1.29 is 14.3 Å². The first-order valence-electron chi connectivity index (χ1n) is 10.6. The summed E-state index contributed by atoms with van der Waals surface area (Å²) in [5, 5.41) is 14.6. The molecule has 0 unspecified atom stereocenters. The molecular formula is C26H24ClN3O3. The van der Waals surface area contributed by atoms with E-state index in [-0.39, 0.29) is 5.97 Å². The normalized spacial score (nSPS) is 10.8. The van der Waals surface area contributed by atoms with Crippen molar-refractivity contribution in [2.75, 3.05) is 19.0 Å². The van der Waals surface area contributed by atoms with Crippen LogP contribution in [0.2, 0.25) is 5.02 Å². The van der Waals surface area contributed by atoms with Crippen LogP contribution in [-0.4, -0.2) is 29.9 Å². The number of fused-ring (bicyclic) bond motifs is 1. The molecule has 0 bridgehead atoms. The Morgan fingerprint density at radius 2 is 1.85 bits per heavy atom. The molecule has 1 aromatic heterocycles. The molecule has 0 saturated carbocycles. The highest BCUT2D eigenvalue weighted by molar-refractivity contribution is 6.30. The summed E-state index contributed by atoms with van der Waals surface area (Å²) in [6.45, 7) is 5.89. The summed E-state index contributed by atoms with van der Waals surface area (Å²) in [6.07, 6.45) is 0. The van der Waals surface area contributed by atoms with Gasteiger partial charge in [-0.05, 0) is 68.3 Å². The van der Waals surface area contributed by atoms with Gasteiger partial charge in [-0.15, -0.1) is 10.2 Å². The van der Waals surface area contributed by atoms with Crippen molar-refractivity contribution in [3.8, 4) is 17.0 Å². The number of rotatable bonds is 6. The molecule has 4 rings (SSSR count). The van der Waals surface area contributed by atoms with Crippen molar-refractivity contribution in [2.24, 2.45) is 0 Å². The molecule has 0 amide bonds. The number of aryl methyl sites for hydroxylation is 2. The van der Waals surface area contributed by atoms with Gasteiger partial charge < -0.3 is 14.8 Å². The zero-order valence-corrected chi connectivity index (χ0v) is 19.7. The second-order valence-electron chi connectivity index (χ2n) is 7.57. The van der Waals surface area contributed by atoms with Crippen molar-refractivity contribution in [1.29, 1.82) is 0 Å². The monoisotopic (exact) mass is 461 g/mol. The highest BCUT2D eigenvalue weighted by Gasteiger charge is 2.22. The van der Waals surface area contributed by atoms with Gasteiger partial charge in [0.2, 0.25) is 0 Å². The van der Waals surface area contributed by atoms with Gasteiger partial charge in [-0.3, -0.25) is 0 Å². The highest BCUT2D eigenvalue weighted by Crippen LogP contribution is 2.39. The maximum atomic E-state index is 12.8. The fourth-order valence-electron chi connectivity index (χ4n) is 4.03. The number of carbonyl (C=O) groups excluding carboxylic acids is 1. The van der Waals surface area contributed by atoms with Crippen LogP contribution < -0.4 is 10.1 Å². The van der Waals surface area contributed by atoms with Crippen molar-refractivity contribution in [3.63, 3.8) is 0 Å². The van der Waals surface area contributed by atoms with Crippen molar-refractivity contribution in [1.82, 2.24) is 10.2 Å². The van der Waals surface area contributed by atoms with Gasteiger partial charge in [0.05, 0.1) is 19.3 Å². The first-order chi connectivity index (χ1) is 15.9. The summed E-state index contributed by atoms with van der Waals surface area (Å²) in [5.74, 6) is 0.848. The van der Waals surface area contributed by atoms with Gasteiger partial charge in [-0.2, -0.15) is 0 Å². The van der Waals surface area contributed by atoms with Crippen LogP contribution in [0.15, 0.2) is 54.6 Å². The quantitative estimate of drug-likeness (QED) is 0.330. The molecule has 0 aliphatic carbocycles. The Hall–Kier alpha value is -3.64. The van der Waals surface area contributed by atoms with Gasteiger partial charge >= 0.3 is 5.97 Å². The fraction of sp³-hybridized carbons (Fsp3) is 0.192. The number of nitrogens with one attached hydrogen (secondary N) is 1. The van der Waals surface area contributed by atoms with E-state index in [1.807, 2.05) is 56.3 Å². The molecule has 0 aliphatic heterocycles. The molecule has 0 aliphatic rings. The van der Waals surface area contributed by atoms with E-state index in [0.29, 0.717) is 34.5 Å². The number of ether oxygens (including phenoxy) is 2. The molecule has 0 saturated heterocycles. The molecule has 33 heavy (non-hydrogen) atoms. The molecule has 0 spiro atoms. The fourth-order valence-corrected chi connectivity index (χ4v) is 4.22. The lowest BCUT2D eigenvalue weighted by Gasteiger charge is -2.18. The van der Waals surface area contributed by atoms with Crippen LogP contribution in [0.3, 0.4) is 0 Å². The maximum Gasteiger partial charge on any atom is 0.338 e. The number of esters is 1. The Bertz CT molecular complexity index is 1350. The van der Waals surface area contributed by atoms with Crippen LogP contribution in [0.4, 0.5) is 11.5 Å². The molecule has 4 aromatic rings. The van der Waals surface area contributed by atoms with Gasteiger partial charge in [0, 0.05) is 27.0 Å². The minimum Gasteiger partial charge on any atom is -0.496 e. The number of aromatic nitrogens is 2. The van der Waals surface area contributed by atoms with Gasteiger partial charge in [0.25, 0.3) is 0 Å². The number of carbonyl (C=O) groups is 1. The highest BCUT2D eigenvalue weighted by atomic mass is 35.5. The largest absolute Gasteiger partial charge is 0.496 e. The number of halogens is 1. The number of methoxy groups -OCH3 is 1. The Labute approximate surface area is 197 Å². The SMILES string of the molecule is CCOC(=O)c1c(C)cc2c(-c3ccccc3OC)nnc(Nc3cccc(Cl)c3)c2c1C. The number of benzene rings is 3. The Kier molecular flexibility index (Phi) is 6.47. The lowest BCUT2D eigenvalue weighted by atomic mass is 9.93. The summed E-state index contributed by atoms with van der Waals surface area (Å²) in [5.41, 5.74) is 4.34. The number of nitrogens with zero attached hydrogens (tertiary/aromatic N) is 2. The van der Waals surface area contributed by atoms with Crippen molar-refractivity contribution in [3.05, 3.63) is 76.3 Å². The third-order valence-corrected chi connectivity index (χ3v) is 5.68. The van der Waals surface area contributed by atoms with Crippen molar-refractivity contribution >= 4 is 39.8 Å². The number of hydrogen-bond acceptors (Lipinski definition) is 6. The van der Waals surface area contributed by atoms with E-state index < -0.39 is 0 Å². The van der Waals surface area contributed by atoms with E-state index in [1.165, 1.54) is 0 Å². The van der Waals surface area contributed by atoms with E-state index in [9.17, 15) is 4.79 Å². The predicted molar refractivity (Wildman–Crippen MR) is 132 cm³/mol. The van der Waals surface area contributed by atoms with Crippen LogP contribution in [0.1, 0.15) is 28.4 Å². The van der Waals surface area contributed by atoms with Gasteiger partial charge in [-0.1, -0.05) is 29.8 Å². The summed E-state index contributed by atoms with van der Waals surface area (Å²) in [7, 11) is 1.62. The zero-order valence-electron chi connectivity index (χ0n) is 18.9. The third kappa shape index (κ3) is 4.34. The van der Waals surface area contributed by atoms with Gasteiger partial charge in [-0.25, -0.2) is 4.79 Å². The van der Waals surface area contributed by atoms with Crippen LogP contribution in [-0.2, 0) is 4.74 Å². The molecule has 7 heteroatoms. The second-order valence-corrected chi connectivity index (χ2v) is 8.01. The summed E-state index contributed by atoms with van der Waals surface area (Å²) in [6, 6.07) is 17.0. The van der Waals surface area contributed by atoms with E-state index in [2.05, 4.69) is 15.5 Å². The van der Waals surface area contributed by atoms with E-state index in [4.69, 9.17) is 21.1 Å². The number of anilines is 2. The lowest BCUT2D eigenvalue weighted by molar-refractivity contribution is 0.0525. The summed E-state index contributed by atoms with van der Waals surface area (Å²) < 4.78 is 10.9. The average Bonchev–Trinajstić information content (AvgIpc) is 2.79. The van der Waals surface area contributed by atoms with E-state index >= 15 is 0 Å².